The fourth-order valence-electron chi connectivity index (χ4n) is 2.44. The van der Waals surface area contributed by atoms with Crippen LogP contribution in [0.4, 0.5) is 0 Å². The second-order valence-electron chi connectivity index (χ2n) is 4.75. The lowest BCUT2D eigenvalue weighted by Gasteiger charge is -2.26. The van der Waals surface area contributed by atoms with Crippen LogP contribution < -0.4 is 0 Å². The van der Waals surface area contributed by atoms with Gasteiger partial charge in [-0.2, -0.15) is 0 Å². The highest BCUT2D eigenvalue weighted by Gasteiger charge is 2.24. The number of benzene rings is 1. The lowest BCUT2D eigenvalue weighted by molar-refractivity contribution is 0.0719. The molecule has 0 radical (unpaired) electrons. The third-order valence-corrected chi connectivity index (χ3v) is 3.45. The predicted octanol–water partition coefficient (Wildman–Crippen LogP) is 2.97. The number of piperidine rings is 1. The van der Waals surface area contributed by atoms with Crippen molar-refractivity contribution in [2.24, 2.45) is 0 Å². The minimum absolute atomic E-state index is 0.0210. The maximum absolute atomic E-state index is 12.5. The fourth-order valence-corrected chi connectivity index (χ4v) is 2.44. The zero-order valence-electron chi connectivity index (χ0n) is 10.7. The van der Waals surface area contributed by atoms with Crippen LogP contribution in [0.25, 0.3) is 11.3 Å². The Bertz CT molecular complexity index is 557. The molecule has 0 N–H and O–H groups in total. The molecule has 1 aromatic heterocycles. The Morgan fingerprint density at radius 3 is 2.58 bits per heavy atom. The predicted molar refractivity (Wildman–Crippen MR) is 71.7 cm³/mol. The van der Waals surface area contributed by atoms with E-state index in [0.29, 0.717) is 11.5 Å². The summed E-state index contributed by atoms with van der Waals surface area (Å²) in [6.07, 6.45) is 4.70. The third-order valence-electron chi connectivity index (χ3n) is 3.45. The first-order valence-electron chi connectivity index (χ1n) is 6.64. The molecule has 2 aromatic rings. The van der Waals surface area contributed by atoms with Gasteiger partial charge in [0.15, 0.2) is 17.8 Å². The third kappa shape index (κ3) is 2.38. The average molecular weight is 256 g/mol. The van der Waals surface area contributed by atoms with Crippen LogP contribution in [0.2, 0.25) is 0 Å². The van der Waals surface area contributed by atoms with Crippen LogP contribution in [0.1, 0.15) is 29.8 Å². The van der Waals surface area contributed by atoms with Gasteiger partial charge in [0, 0.05) is 18.7 Å². The minimum atomic E-state index is -0.0210. The number of rotatable bonds is 2. The molecule has 0 atom stereocenters. The maximum Gasteiger partial charge on any atom is 0.276 e. The smallest absolute Gasteiger partial charge is 0.276 e. The number of hydrogen-bond donors (Lipinski definition) is 0. The van der Waals surface area contributed by atoms with E-state index in [4.69, 9.17) is 4.42 Å². The number of carbonyl (C=O) groups is 1. The maximum atomic E-state index is 12.5. The summed E-state index contributed by atoms with van der Waals surface area (Å²) in [4.78, 5) is 18.4. The second-order valence-corrected chi connectivity index (χ2v) is 4.75. The van der Waals surface area contributed by atoms with Crippen molar-refractivity contribution in [2.75, 3.05) is 13.1 Å². The van der Waals surface area contributed by atoms with E-state index < -0.39 is 0 Å². The van der Waals surface area contributed by atoms with Crippen LogP contribution in [0.5, 0.6) is 0 Å². The van der Waals surface area contributed by atoms with Gasteiger partial charge in [0.05, 0.1) is 0 Å². The van der Waals surface area contributed by atoms with E-state index >= 15 is 0 Å². The van der Waals surface area contributed by atoms with E-state index in [9.17, 15) is 4.79 Å². The van der Waals surface area contributed by atoms with Gasteiger partial charge in [0.2, 0.25) is 0 Å². The van der Waals surface area contributed by atoms with E-state index in [-0.39, 0.29) is 5.91 Å². The Hall–Kier alpha value is -2.10. The molecule has 98 valence electrons. The van der Waals surface area contributed by atoms with Crippen LogP contribution in [0.3, 0.4) is 0 Å². The summed E-state index contributed by atoms with van der Waals surface area (Å²) in [5.74, 6) is 0.545. The molecule has 4 nitrogen and oxygen atoms in total. The van der Waals surface area contributed by atoms with Gasteiger partial charge in [-0.15, -0.1) is 0 Å². The van der Waals surface area contributed by atoms with Crippen LogP contribution in [0, 0.1) is 0 Å². The zero-order chi connectivity index (χ0) is 13.1. The molecular weight excluding hydrogens is 240 g/mol. The molecular formula is C15H16N2O2. The quantitative estimate of drug-likeness (QED) is 0.829. The Kier molecular flexibility index (Phi) is 3.31. The standard InChI is InChI=1S/C15H16N2O2/c18-15(17-9-5-2-6-10-17)13-14(19-11-16-13)12-7-3-1-4-8-12/h1,3-4,7-8,11H,2,5-6,9-10H2. The van der Waals surface area contributed by atoms with Gasteiger partial charge >= 0.3 is 0 Å². The van der Waals surface area contributed by atoms with Crippen LogP contribution in [-0.4, -0.2) is 28.9 Å². The summed E-state index contributed by atoms with van der Waals surface area (Å²) >= 11 is 0. The number of carbonyl (C=O) groups excluding carboxylic acids is 1. The van der Waals surface area contributed by atoms with Crippen LogP contribution in [-0.2, 0) is 0 Å². The lowest BCUT2D eigenvalue weighted by Crippen LogP contribution is -2.36. The number of nitrogens with zero attached hydrogens (tertiary/aromatic N) is 2. The number of oxazole rings is 1. The molecule has 0 saturated carbocycles. The molecule has 1 fully saturated rings. The van der Waals surface area contributed by atoms with Crippen LogP contribution >= 0.6 is 0 Å². The van der Waals surface area contributed by atoms with E-state index in [1.807, 2.05) is 35.2 Å². The monoisotopic (exact) mass is 256 g/mol. The van der Waals surface area contributed by atoms with Crippen molar-refractivity contribution in [3.05, 3.63) is 42.4 Å². The van der Waals surface area contributed by atoms with Gasteiger partial charge < -0.3 is 9.32 Å². The molecule has 1 aromatic carbocycles. The van der Waals surface area contributed by atoms with Gasteiger partial charge in [-0.05, 0) is 19.3 Å². The summed E-state index contributed by atoms with van der Waals surface area (Å²) in [5, 5.41) is 0. The molecule has 1 aliphatic rings. The summed E-state index contributed by atoms with van der Waals surface area (Å²) in [5.41, 5.74) is 1.31. The Labute approximate surface area is 112 Å². The fraction of sp³-hybridized carbons (Fsp3) is 0.333. The summed E-state index contributed by atoms with van der Waals surface area (Å²) in [7, 11) is 0. The van der Waals surface area contributed by atoms with Gasteiger partial charge in [0.25, 0.3) is 5.91 Å². The van der Waals surface area contributed by atoms with E-state index in [0.717, 1.165) is 31.5 Å². The van der Waals surface area contributed by atoms with Gasteiger partial charge in [-0.1, -0.05) is 30.3 Å². The van der Waals surface area contributed by atoms with Crippen molar-refractivity contribution in [1.29, 1.82) is 0 Å². The molecule has 3 rings (SSSR count). The van der Waals surface area contributed by atoms with E-state index in [1.165, 1.54) is 12.8 Å². The first kappa shape index (κ1) is 12.0. The Morgan fingerprint density at radius 2 is 1.84 bits per heavy atom. The Balaban J connectivity index is 1.89. The molecule has 19 heavy (non-hydrogen) atoms. The topological polar surface area (TPSA) is 46.3 Å². The van der Waals surface area contributed by atoms with Crippen molar-refractivity contribution >= 4 is 5.91 Å². The first-order valence-corrected chi connectivity index (χ1v) is 6.64. The summed E-state index contributed by atoms with van der Waals surface area (Å²) < 4.78 is 5.40. The first-order chi connectivity index (χ1) is 9.36. The van der Waals surface area contributed by atoms with Gasteiger partial charge in [-0.25, -0.2) is 4.98 Å². The van der Waals surface area contributed by atoms with E-state index in [2.05, 4.69) is 4.98 Å². The normalized spacial score (nSPS) is 15.5. The van der Waals surface area contributed by atoms with E-state index in [1.54, 1.807) is 0 Å². The van der Waals surface area contributed by atoms with Crippen molar-refractivity contribution in [3.8, 4) is 11.3 Å². The number of likely N-dealkylation sites (tertiary alicyclic amines) is 1. The number of hydrogen-bond acceptors (Lipinski definition) is 3. The highest BCUT2D eigenvalue weighted by molar-refractivity contribution is 5.97. The lowest BCUT2D eigenvalue weighted by atomic mass is 10.1. The highest BCUT2D eigenvalue weighted by Crippen LogP contribution is 2.24. The molecule has 1 saturated heterocycles. The molecule has 4 heteroatoms. The number of amides is 1. The molecule has 0 bridgehead atoms. The molecule has 2 heterocycles. The Morgan fingerprint density at radius 1 is 1.11 bits per heavy atom. The average Bonchev–Trinajstić information content (AvgIpc) is 2.98. The molecule has 1 aliphatic heterocycles. The van der Waals surface area contributed by atoms with Gasteiger partial charge in [0.1, 0.15) is 0 Å². The van der Waals surface area contributed by atoms with Crippen molar-refractivity contribution in [3.63, 3.8) is 0 Å². The molecule has 1 amide bonds. The SMILES string of the molecule is O=C(c1ncoc1-c1ccccc1)N1CCCCC1. The van der Waals surface area contributed by atoms with Gasteiger partial charge in [-0.3, -0.25) is 4.79 Å². The number of aromatic nitrogens is 1. The minimum Gasteiger partial charge on any atom is -0.443 e. The van der Waals surface area contributed by atoms with Crippen molar-refractivity contribution < 1.29 is 9.21 Å². The summed E-state index contributed by atoms with van der Waals surface area (Å²) in [6, 6.07) is 9.63. The molecule has 0 spiro atoms. The van der Waals surface area contributed by atoms with Crippen molar-refractivity contribution in [2.45, 2.75) is 19.3 Å². The zero-order valence-corrected chi connectivity index (χ0v) is 10.7. The second kappa shape index (κ2) is 5.26. The van der Waals surface area contributed by atoms with Crippen LogP contribution in [0.15, 0.2) is 41.1 Å². The summed E-state index contributed by atoms with van der Waals surface area (Å²) in [6.45, 7) is 1.64. The molecule has 0 unspecified atom stereocenters. The molecule has 0 aliphatic carbocycles. The largest absolute Gasteiger partial charge is 0.443 e. The highest BCUT2D eigenvalue weighted by atomic mass is 16.3. The van der Waals surface area contributed by atoms with Crippen molar-refractivity contribution in [1.82, 2.24) is 9.88 Å².